The van der Waals surface area contributed by atoms with Gasteiger partial charge in [-0.2, -0.15) is 5.10 Å². The summed E-state index contributed by atoms with van der Waals surface area (Å²) in [5.41, 5.74) is 1.67. The average molecular weight is 353 g/mol. The number of nitrogens with zero attached hydrogens (tertiary/aromatic N) is 4. The van der Waals surface area contributed by atoms with E-state index >= 15 is 0 Å². The molecule has 0 atom stereocenters. The molecule has 0 aromatic carbocycles. The monoisotopic (exact) mass is 353 g/mol. The number of rotatable bonds is 4. The van der Waals surface area contributed by atoms with Crippen LogP contribution in [0.1, 0.15) is 16.3 Å². The van der Waals surface area contributed by atoms with E-state index in [1.165, 1.54) is 4.88 Å². The molecule has 0 aliphatic carbocycles. The lowest BCUT2D eigenvalue weighted by Crippen LogP contribution is -2.07. The largest absolute Gasteiger partial charge is 0.362 e. The number of hydrogen-bond donors (Lipinski definition) is 3. The Morgan fingerprint density at radius 3 is 2.88 bits per heavy atom. The molecule has 3 N–H and O–H groups in total. The SMILES string of the molecule is Cc1sc2nc(-c3cccnc3)nc(NCc3n[nH]c(=O)[nH]3)c2c1C. The molecule has 0 saturated heterocycles. The zero-order valence-corrected chi connectivity index (χ0v) is 14.4. The van der Waals surface area contributed by atoms with Gasteiger partial charge in [-0.05, 0) is 31.5 Å². The van der Waals surface area contributed by atoms with Crippen molar-refractivity contribution in [2.45, 2.75) is 20.4 Å². The van der Waals surface area contributed by atoms with Gasteiger partial charge in [0, 0.05) is 22.8 Å². The van der Waals surface area contributed by atoms with Crippen LogP contribution in [0.5, 0.6) is 0 Å². The molecule has 25 heavy (non-hydrogen) atoms. The molecule has 4 aromatic rings. The van der Waals surface area contributed by atoms with Crippen molar-refractivity contribution in [3.8, 4) is 11.4 Å². The second-order valence-corrected chi connectivity index (χ2v) is 6.78. The quantitative estimate of drug-likeness (QED) is 0.519. The van der Waals surface area contributed by atoms with Crippen molar-refractivity contribution in [3.05, 3.63) is 51.3 Å². The number of pyridine rings is 1. The number of aryl methyl sites for hydroxylation is 2. The summed E-state index contributed by atoms with van der Waals surface area (Å²) in [5.74, 6) is 1.85. The highest BCUT2D eigenvalue weighted by atomic mass is 32.1. The predicted octanol–water partition coefficient (Wildman–Crippen LogP) is 2.39. The standard InChI is InChI=1S/C16H15N7OS/c1-8-9(2)25-15-12(8)14(18-7-11-19-16(24)23-22-11)20-13(21-15)10-4-3-5-17-6-10/h3-6H,7H2,1-2H3,(H,18,20,21)(H2,19,22,23,24). The first-order valence-electron chi connectivity index (χ1n) is 7.67. The highest BCUT2D eigenvalue weighted by molar-refractivity contribution is 7.18. The fourth-order valence-corrected chi connectivity index (χ4v) is 3.59. The number of H-pyrrole nitrogens is 2. The molecule has 8 nitrogen and oxygen atoms in total. The summed E-state index contributed by atoms with van der Waals surface area (Å²) in [5, 5.41) is 10.5. The summed E-state index contributed by atoms with van der Waals surface area (Å²) < 4.78 is 0. The predicted molar refractivity (Wildman–Crippen MR) is 96.7 cm³/mol. The molecule has 4 heterocycles. The number of thiophene rings is 1. The Morgan fingerprint density at radius 1 is 1.28 bits per heavy atom. The van der Waals surface area contributed by atoms with Gasteiger partial charge in [0.15, 0.2) is 5.82 Å². The molecule has 126 valence electrons. The van der Waals surface area contributed by atoms with Crippen LogP contribution < -0.4 is 11.0 Å². The normalized spacial score (nSPS) is 11.1. The maximum atomic E-state index is 11.2. The minimum atomic E-state index is -0.330. The molecular formula is C16H15N7OS. The molecule has 0 saturated carbocycles. The zero-order chi connectivity index (χ0) is 17.4. The number of hydrogen-bond acceptors (Lipinski definition) is 7. The molecule has 0 unspecified atom stereocenters. The van der Waals surface area contributed by atoms with E-state index in [1.807, 2.05) is 12.1 Å². The van der Waals surface area contributed by atoms with Crippen molar-refractivity contribution in [2.24, 2.45) is 0 Å². The van der Waals surface area contributed by atoms with Crippen LogP contribution in [0.4, 0.5) is 5.82 Å². The van der Waals surface area contributed by atoms with Crippen LogP contribution in [-0.2, 0) is 6.54 Å². The molecule has 0 aliphatic rings. The number of fused-ring (bicyclic) bond motifs is 1. The average Bonchev–Trinajstić information content (AvgIpc) is 3.17. The molecular weight excluding hydrogens is 338 g/mol. The third-order valence-corrected chi connectivity index (χ3v) is 5.02. The Kier molecular flexibility index (Phi) is 3.77. The lowest BCUT2D eigenvalue weighted by Gasteiger charge is -2.08. The van der Waals surface area contributed by atoms with Crippen LogP contribution in [0.2, 0.25) is 0 Å². The van der Waals surface area contributed by atoms with E-state index in [2.05, 4.69) is 44.3 Å². The fourth-order valence-electron chi connectivity index (χ4n) is 2.56. The second-order valence-electron chi connectivity index (χ2n) is 5.58. The van der Waals surface area contributed by atoms with Crippen molar-refractivity contribution in [1.82, 2.24) is 30.1 Å². The molecule has 0 radical (unpaired) electrons. The van der Waals surface area contributed by atoms with Gasteiger partial charge in [0.25, 0.3) is 0 Å². The van der Waals surface area contributed by atoms with E-state index in [0.29, 0.717) is 18.2 Å². The van der Waals surface area contributed by atoms with Crippen LogP contribution in [-0.4, -0.2) is 30.1 Å². The number of anilines is 1. The molecule has 0 bridgehead atoms. The molecule has 0 aliphatic heterocycles. The van der Waals surface area contributed by atoms with Crippen molar-refractivity contribution in [1.29, 1.82) is 0 Å². The van der Waals surface area contributed by atoms with Gasteiger partial charge < -0.3 is 5.32 Å². The number of aromatic nitrogens is 6. The number of nitrogens with one attached hydrogen (secondary N) is 3. The molecule has 4 rings (SSSR count). The van der Waals surface area contributed by atoms with Crippen LogP contribution in [0.3, 0.4) is 0 Å². The maximum absolute atomic E-state index is 11.2. The third kappa shape index (κ3) is 2.89. The molecule has 4 aromatic heterocycles. The Morgan fingerprint density at radius 2 is 2.16 bits per heavy atom. The van der Waals surface area contributed by atoms with E-state index in [4.69, 9.17) is 4.98 Å². The van der Waals surface area contributed by atoms with E-state index in [9.17, 15) is 4.79 Å². The van der Waals surface area contributed by atoms with Gasteiger partial charge in [-0.15, -0.1) is 11.3 Å². The van der Waals surface area contributed by atoms with Gasteiger partial charge in [0.2, 0.25) is 0 Å². The Hall–Kier alpha value is -3.07. The summed E-state index contributed by atoms with van der Waals surface area (Å²) in [4.78, 5) is 29.4. The van der Waals surface area contributed by atoms with Gasteiger partial charge in [-0.1, -0.05) is 0 Å². The smallest absolute Gasteiger partial charge is 0.340 e. The number of aromatic amines is 2. The summed E-state index contributed by atoms with van der Waals surface area (Å²) >= 11 is 1.64. The van der Waals surface area contributed by atoms with E-state index < -0.39 is 0 Å². The van der Waals surface area contributed by atoms with Gasteiger partial charge in [0.05, 0.1) is 11.9 Å². The summed E-state index contributed by atoms with van der Waals surface area (Å²) in [7, 11) is 0. The Bertz CT molecular complexity index is 1100. The van der Waals surface area contributed by atoms with Crippen molar-refractivity contribution in [2.75, 3.05) is 5.32 Å². The third-order valence-electron chi connectivity index (χ3n) is 3.92. The summed E-state index contributed by atoms with van der Waals surface area (Å²) in [6.07, 6.45) is 3.46. The summed E-state index contributed by atoms with van der Waals surface area (Å²) in [6.45, 7) is 4.48. The first kappa shape index (κ1) is 15.5. The Balaban J connectivity index is 1.80. The maximum Gasteiger partial charge on any atom is 0.340 e. The van der Waals surface area contributed by atoms with Crippen LogP contribution in [0, 0.1) is 13.8 Å². The Labute approximate surface area is 146 Å². The van der Waals surface area contributed by atoms with E-state index in [0.717, 1.165) is 27.2 Å². The zero-order valence-electron chi connectivity index (χ0n) is 13.6. The first-order valence-corrected chi connectivity index (χ1v) is 8.49. The van der Waals surface area contributed by atoms with Gasteiger partial charge in [0.1, 0.15) is 16.5 Å². The van der Waals surface area contributed by atoms with Crippen molar-refractivity contribution in [3.63, 3.8) is 0 Å². The molecule has 9 heteroatoms. The fraction of sp³-hybridized carbons (Fsp3) is 0.188. The van der Waals surface area contributed by atoms with Gasteiger partial charge in [-0.3, -0.25) is 9.97 Å². The lowest BCUT2D eigenvalue weighted by molar-refractivity contribution is 0.947. The van der Waals surface area contributed by atoms with E-state index in [-0.39, 0.29) is 5.69 Å². The highest BCUT2D eigenvalue weighted by Gasteiger charge is 2.15. The molecule has 0 spiro atoms. The minimum Gasteiger partial charge on any atom is -0.362 e. The van der Waals surface area contributed by atoms with E-state index in [1.54, 1.807) is 23.7 Å². The van der Waals surface area contributed by atoms with Gasteiger partial charge >= 0.3 is 5.69 Å². The van der Waals surface area contributed by atoms with Crippen molar-refractivity contribution >= 4 is 27.4 Å². The second kappa shape index (κ2) is 6.10. The van der Waals surface area contributed by atoms with Crippen LogP contribution >= 0.6 is 11.3 Å². The summed E-state index contributed by atoms with van der Waals surface area (Å²) in [6, 6.07) is 3.78. The van der Waals surface area contributed by atoms with Gasteiger partial charge in [-0.25, -0.2) is 19.9 Å². The van der Waals surface area contributed by atoms with Crippen LogP contribution in [0.25, 0.3) is 21.6 Å². The van der Waals surface area contributed by atoms with Crippen LogP contribution in [0.15, 0.2) is 29.3 Å². The highest BCUT2D eigenvalue weighted by Crippen LogP contribution is 2.34. The minimum absolute atomic E-state index is 0.330. The lowest BCUT2D eigenvalue weighted by atomic mass is 10.2. The topological polar surface area (TPSA) is 112 Å². The molecule has 0 fully saturated rings. The van der Waals surface area contributed by atoms with Crippen molar-refractivity contribution < 1.29 is 0 Å². The molecule has 0 amide bonds. The first-order chi connectivity index (χ1) is 12.1.